The van der Waals surface area contributed by atoms with Crippen molar-refractivity contribution in [3.8, 4) is 0 Å². The van der Waals surface area contributed by atoms with E-state index >= 15 is 0 Å². The number of aliphatic hydroxyl groups is 2. The predicted molar refractivity (Wildman–Crippen MR) is 48.9 cm³/mol. The molecule has 1 rings (SSSR count). The molecular formula is C7H16ClNO4. The van der Waals surface area contributed by atoms with Crippen molar-refractivity contribution >= 4 is 12.4 Å². The zero-order valence-corrected chi connectivity index (χ0v) is 8.45. The fourth-order valence-electron chi connectivity index (χ4n) is 1.43. The highest BCUT2D eigenvalue weighted by Crippen LogP contribution is 2.20. The molecule has 1 fully saturated rings. The number of methoxy groups -OCH3 is 1. The molecule has 5 nitrogen and oxygen atoms in total. The van der Waals surface area contributed by atoms with Gasteiger partial charge in [0.25, 0.3) is 0 Å². The van der Waals surface area contributed by atoms with E-state index in [4.69, 9.17) is 14.6 Å². The van der Waals surface area contributed by atoms with E-state index in [2.05, 4.69) is 5.32 Å². The predicted octanol–water partition coefficient (Wildman–Crippen LogP) is -1.28. The fraction of sp³-hybridized carbons (Fsp3) is 1.00. The van der Waals surface area contributed by atoms with E-state index < -0.39 is 18.5 Å². The Balaban J connectivity index is 0.00000144. The summed E-state index contributed by atoms with van der Waals surface area (Å²) in [4.78, 5) is 0. The maximum absolute atomic E-state index is 9.53. The molecule has 0 spiro atoms. The molecule has 0 aromatic carbocycles. The van der Waals surface area contributed by atoms with E-state index in [-0.39, 0.29) is 25.1 Å². The Hall–Kier alpha value is 0.0900. The topological polar surface area (TPSA) is 71.0 Å². The van der Waals surface area contributed by atoms with Crippen molar-refractivity contribution in [1.29, 1.82) is 0 Å². The fourth-order valence-corrected chi connectivity index (χ4v) is 1.43. The van der Waals surface area contributed by atoms with Crippen LogP contribution in [0.1, 0.15) is 0 Å². The minimum Gasteiger partial charge on any atom is -0.394 e. The molecule has 0 radical (unpaired) electrons. The lowest BCUT2D eigenvalue weighted by Crippen LogP contribution is -2.44. The van der Waals surface area contributed by atoms with Gasteiger partial charge in [-0.2, -0.15) is 0 Å². The molecule has 0 unspecified atom stereocenters. The second kappa shape index (κ2) is 5.74. The van der Waals surface area contributed by atoms with Gasteiger partial charge >= 0.3 is 0 Å². The molecule has 1 saturated heterocycles. The Morgan fingerprint density at radius 1 is 1.54 bits per heavy atom. The monoisotopic (exact) mass is 213 g/mol. The standard InChI is InChI=1S/C7H15NO4.ClH/c1-8-5-4(3-9)12-7(11-2)6(5)10;/h4-10H,3H2,1-2H3;1H/t4-,5-,6+,7+;/m1./s1. The third-order valence-electron chi connectivity index (χ3n) is 2.10. The van der Waals surface area contributed by atoms with Crippen LogP contribution in [0, 0.1) is 0 Å². The van der Waals surface area contributed by atoms with Crippen molar-refractivity contribution in [2.24, 2.45) is 0 Å². The van der Waals surface area contributed by atoms with Crippen LogP contribution in [0.15, 0.2) is 0 Å². The first-order valence-corrected chi connectivity index (χ1v) is 3.89. The van der Waals surface area contributed by atoms with Gasteiger partial charge in [-0.25, -0.2) is 0 Å². The molecule has 0 saturated carbocycles. The molecule has 0 amide bonds. The minimum atomic E-state index is -0.725. The maximum atomic E-state index is 9.53. The van der Waals surface area contributed by atoms with E-state index in [1.165, 1.54) is 7.11 Å². The third-order valence-corrected chi connectivity index (χ3v) is 2.10. The van der Waals surface area contributed by atoms with Crippen LogP contribution in [0.25, 0.3) is 0 Å². The number of hydrogen-bond donors (Lipinski definition) is 3. The number of ether oxygens (including phenoxy) is 2. The highest BCUT2D eigenvalue weighted by atomic mass is 35.5. The quantitative estimate of drug-likeness (QED) is 0.545. The van der Waals surface area contributed by atoms with E-state index in [0.29, 0.717) is 0 Å². The molecule has 1 aliphatic heterocycles. The van der Waals surface area contributed by atoms with Gasteiger partial charge in [0.15, 0.2) is 6.29 Å². The second-order valence-corrected chi connectivity index (χ2v) is 2.77. The Kier molecular flexibility index (Phi) is 5.78. The normalized spacial score (nSPS) is 38.8. The number of aliphatic hydroxyl groups excluding tert-OH is 2. The van der Waals surface area contributed by atoms with Crippen LogP contribution >= 0.6 is 12.4 Å². The van der Waals surface area contributed by atoms with Crippen molar-refractivity contribution < 1.29 is 19.7 Å². The zero-order valence-electron chi connectivity index (χ0n) is 7.64. The lowest BCUT2D eigenvalue weighted by molar-refractivity contribution is -0.153. The second-order valence-electron chi connectivity index (χ2n) is 2.77. The number of halogens is 1. The highest BCUT2D eigenvalue weighted by molar-refractivity contribution is 5.85. The number of hydrogen-bond acceptors (Lipinski definition) is 5. The van der Waals surface area contributed by atoms with Gasteiger partial charge in [0.05, 0.1) is 12.6 Å². The SMILES string of the molecule is CN[C@H]1[C@H](O)[C@@H](OC)O[C@@H]1CO.Cl. The molecule has 0 aromatic heterocycles. The minimum absolute atomic E-state index is 0. The largest absolute Gasteiger partial charge is 0.394 e. The molecule has 3 N–H and O–H groups in total. The Morgan fingerprint density at radius 2 is 2.15 bits per heavy atom. The number of rotatable bonds is 3. The molecule has 1 aliphatic rings. The van der Waals surface area contributed by atoms with Crippen molar-refractivity contribution in [3.63, 3.8) is 0 Å². The molecule has 4 atom stereocenters. The number of nitrogens with one attached hydrogen (secondary N) is 1. The summed E-state index contributed by atoms with van der Waals surface area (Å²) in [6.07, 6.45) is -1.76. The summed E-state index contributed by atoms with van der Waals surface area (Å²) in [6, 6.07) is -0.264. The summed E-state index contributed by atoms with van der Waals surface area (Å²) in [5.41, 5.74) is 0. The average Bonchev–Trinajstić information content (AvgIpc) is 2.41. The van der Waals surface area contributed by atoms with Crippen LogP contribution < -0.4 is 5.32 Å². The van der Waals surface area contributed by atoms with E-state index in [0.717, 1.165) is 0 Å². The van der Waals surface area contributed by atoms with Crippen molar-refractivity contribution in [2.45, 2.75) is 24.5 Å². The van der Waals surface area contributed by atoms with Crippen LogP contribution in [0.4, 0.5) is 0 Å². The Bertz CT molecular complexity index is 146. The molecule has 0 aromatic rings. The first kappa shape index (κ1) is 13.1. The van der Waals surface area contributed by atoms with E-state index in [9.17, 15) is 5.11 Å². The van der Waals surface area contributed by atoms with Gasteiger partial charge < -0.3 is 25.0 Å². The lowest BCUT2D eigenvalue weighted by atomic mass is 10.1. The molecular weight excluding hydrogens is 198 g/mol. The van der Waals surface area contributed by atoms with Crippen LogP contribution in [-0.4, -0.2) is 55.5 Å². The van der Waals surface area contributed by atoms with Gasteiger partial charge in [-0.05, 0) is 7.05 Å². The van der Waals surface area contributed by atoms with Crippen molar-refractivity contribution in [2.75, 3.05) is 20.8 Å². The van der Waals surface area contributed by atoms with Gasteiger partial charge in [0.1, 0.15) is 12.2 Å². The molecule has 0 aliphatic carbocycles. The lowest BCUT2D eigenvalue weighted by Gasteiger charge is -2.16. The summed E-state index contributed by atoms with van der Waals surface area (Å²) < 4.78 is 10.1. The summed E-state index contributed by atoms with van der Waals surface area (Å²) in [5, 5.41) is 21.3. The zero-order chi connectivity index (χ0) is 9.14. The smallest absolute Gasteiger partial charge is 0.185 e. The molecule has 0 bridgehead atoms. The summed E-state index contributed by atoms with van der Waals surface area (Å²) in [5.74, 6) is 0. The van der Waals surface area contributed by atoms with Crippen LogP contribution in [0.5, 0.6) is 0 Å². The van der Waals surface area contributed by atoms with Gasteiger partial charge in [0.2, 0.25) is 0 Å². The van der Waals surface area contributed by atoms with Crippen LogP contribution in [0.3, 0.4) is 0 Å². The van der Waals surface area contributed by atoms with Crippen LogP contribution in [-0.2, 0) is 9.47 Å². The molecule has 1 heterocycles. The highest BCUT2D eigenvalue weighted by Gasteiger charge is 2.42. The van der Waals surface area contributed by atoms with Gasteiger partial charge in [-0.15, -0.1) is 12.4 Å². The molecule has 13 heavy (non-hydrogen) atoms. The first-order valence-electron chi connectivity index (χ1n) is 3.89. The van der Waals surface area contributed by atoms with E-state index in [1.54, 1.807) is 7.05 Å². The number of likely N-dealkylation sites (N-methyl/N-ethyl adjacent to an activating group) is 1. The Morgan fingerprint density at radius 3 is 2.46 bits per heavy atom. The van der Waals surface area contributed by atoms with Gasteiger partial charge in [-0.1, -0.05) is 0 Å². The van der Waals surface area contributed by atoms with Crippen LogP contribution in [0.2, 0.25) is 0 Å². The molecule has 80 valence electrons. The first-order chi connectivity index (χ1) is 5.74. The third kappa shape index (κ3) is 2.52. The van der Waals surface area contributed by atoms with E-state index in [1.807, 2.05) is 0 Å². The summed E-state index contributed by atoms with van der Waals surface area (Å²) >= 11 is 0. The summed E-state index contributed by atoms with van der Waals surface area (Å²) in [6.45, 7) is -0.123. The van der Waals surface area contributed by atoms with Crippen molar-refractivity contribution in [1.82, 2.24) is 5.32 Å². The average molecular weight is 214 g/mol. The molecule has 6 heteroatoms. The van der Waals surface area contributed by atoms with Crippen molar-refractivity contribution in [3.05, 3.63) is 0 Å². The van der Waals surface area contributed by atoms with Gasteiger partial charge in [0, 0.05) is 7.11 Å². The summed E-state index contributed by atoms with van der Waals surface area (Å²) in [7, 11) is 3.16. The Labute approximate surface area is 83.4 Å². The van der Waals surface area contributed by atoms with Gasteiger partial charge in [-0.3, -0.25) is 0 Å². The maximum Gasteiger partial charge on any atom is 0.185 e.